The number of nitrogens with zero attached hydrogens (tertiary/aromatic N) is 2. The molecule has 3 aromatic rings. The molecule has 0 aromatic heterocycles. The number of nitriles is 2. The van der Waals surface area contributed by atoms with Gasteiger partial charge in [0, 0.05) is 5.92 Å². The molecule has 1 unspecified atom stereocenters. The maximum atomic E-state index is 9.49. The fraction of sp³-hybridized carbons (Fsp3) is 0.143. The van der Waals surface area contributed by atoms with E-state index in [2.05, 4.69) is 12.1 Å². The van der Waals surface area contributed by atoms with Crippen molar-refractivity contribution in [2.75, 3.05) is 7.11 Å². The van der Waals surface area contributed by atoms with Crippen molar-refractivity contribution < 1.29 is 4.74 Å². The van der Waals surface area contributed by atoms with Crippen molar-refractivity contribution in [3.05, 3.63) is 77.9 Å². The van der Waals surface area contributed by atoms with Gasteiger partial charge < -0.3 is 4.74 Å². The zero-order valence-electron chi connectivity index (χ0n) is 13.3. The van der Waals surface area contributed by atoms with Crippen LogP contribution in [0, 0.1) is 28.6 Å². The van der Waals surface area contributed by atoms with Crippen molar-refractivity contribution in [1.82, 2.24) is 0 Å². The first kappa shape index (κ1) is 15.6. The Labute approximate surface area is 141 Å². The molecule has 0 radical (unpaired) electrons. The minimum absolute atomic E-state index is 0.308. The van der Waals surface area contributed by atoms with E-state index in [9.17, 15) is 10.5 Å². The van der Waals surface area contributed by atoms with E-state index in [4.69, 9.17) is 4.74 Å². The van der Waals surface area contributed by atoms with Crippen LogP contribution in [-0.2, 0) is 0 Å². The minimum Gasteiger partial charge on any atom is -0.497 e. The first-order valence-electron chi connectivity index (χ1n) is 7.69. The highest BCUT2D eigenvalue weighted by Gasteiger charge is 2.26. The maximum Gasteiger partial charge on any atom is 0.144 e. The lowest BCUT2D eigenvalue weighted by atomic mass is 9.80. The predicted molar refractivity (Wildman–Crippen MR) is 93.5 cm³/mol. The van der Waals surface area contributed by atoms with Crippen LogP contribution in [0.25, 0.3) is 10.8 Å². The van der Waals surface area contributed by atoms with Crippen LogP contribution < -0.4 is 4.74 Å². The highest BCUT2D eigenvalue weighted by atomic mass is 16.5. The van der Waals surface area contributed by atoms with Gasteiger partial charge in [-0.15, -0.1) is 0 Å². The van der Waals surface area contributed by atoms with E-state index >= 15 is 0 Å². The summed E-state index contributed by atoms with van der Waals surface area (Å²) in [6.07, 6.45) is 0. The summed E-state index contributed by atoms with van der Waals surface area (Å²) < 4.78 is 5.21. The molecule has 0 N–H and O–H groups in total. The molecule has 1 atom stereocenters. The van der Waals surface area contributed by atoms with Gasteiger partial charge in [-0.25, -0.2) is 0 Å². The largest absolute Gasteiger partial charge is 0.497 e. The number of benzene rings is 3. The third-order valence-corrected chi connectivity index (χ3v) is 4.24. The Morgan fingerprint density at radius 2 is 1.50 bits per heavy atom. The Bertz CT molecular complexity index is 913. The molecule has 0 aliphatic carbocycles. The summed E-state index contributed by atoms with van der Waals surface area (Å²) in [6, 6.07) is 25.9. The van der Waals surface area contributed by atoms with Crippen molar-refractivity contribution in [3.8, 4) is 17.9 Å². The summed E-state index contributed by atoms with van der Waals surface area (Å²) in [5.41, 5.74) is 1.92. The molecule has 0 heterocycles. The smallest absolute Gasteiger partial charge is 0.144 e. The summed E-state index contributed by atoms with van der Waals surface area (Å²) >= 11 is 0. The van der Waals surface area contributed by atoms with E-state index in [1.807, 2.05) is 66.7 Å². The molecule has 0 saturated heterocycles. The van der Waals surface area contributed by atoms with Gasteiger partial charge in [-0.3, -0.25) is 0 Å². The molecule has 3 heteroatoms. The minimum atomic E-state index is -0.760. The molecule has 0 fully saturated rings. The van der Waals surface area contributed by atoms with Crippen molar-refractivity contribution >= 4 is 10.8 Å². The van der Waals surface area contributed by atoms with Gasteiger partial charge in [0.15, 0.2) is 0 Å². The zero-order chi connectivity index (χ0) is 16.9. The molecule has 116 valence electrons. The quantitative estimate of drug-likeness (QED) is 0.705. The average Bonchev–Trinajstić information content (AvgIpc) is 2.66. The second kappa shape index (κ2) is 6.86. The van der Waals surface area contributed by atoms with E-state index in [1.165, 1.54) is 0 Å². The second-order valence-corrected chi connectivity index (χ2v) is 5.56. The first-order valence-corrected chi connectivity index (χ1v) is 7.69. The molecule has 0 aliphatic rings. The predicted octanol–water partition coefficient (Wildman–Crippen LogP) is 4.64. The molecular weight excluding hydrogens is 296 g/mol. The van der Waals surface area contributed by atoms with Gasteiger partial charge in [0.2, 0.25) is 0 Å². The van der Waals surface area contributed by atoms with Crippen LogP contribution >= 0.6 is 0 Å². The van der Waals surface area contributed by atoms with E-state index in [-0.39, 0.29) is 5.92 Å². The number of methoxy groups -OCH3 is 1. The van der Waals surface area contributed by atoms with Crippen molar-refractivity contribution in [2.24, 2.45) is 5.92 Å². The van der Waals surface area contributed by atoms with Gasteiger partial charge >= 0.3 is 0 Å². The summed E-state index contributed by atoms with van der Waals surface area (Å²) in [6.45, 7) is 0. The molecule has 0 bridgehead atoms. The van der Waals surface area contributed by atoms with Crippen LogP contribution in [-0.4, -0.2) is 7.11 Å². The Balaban J connectivity index is 2.21. The highest BCUT2D eigenvalue weighted by molar-refractivity contribution is 5.86. The zero-order valence-corrected chi connectivity index (χ0v) is 13.3. The van der Waals surface area contributed by atoms with Gasteiger partial charge in [-0.05, 0) is 34.0 Å². The number of hydrogen-bond donors (Lipinski definition) is 0. The monoisotopic (exact) mass is 312 g/mol. The van der Waals surface area contributed by atoms with E-state index in [0.29, 0.717) is 0 Å². The molecule has 0 amide bonds. The summed E-state index contributed by atoms with van der Waals surface area (Å²) in [4.78, 5) is 0. The Hall–Kier alpha value is -3.30. The fourth-order valence-electron chi connectivity index (χ4n) is 3.06. The van der Waals surface area contributed by atoms with Crippen LogP contribution in [0.1, 0.15) is 17.0 Å². The Kier molecular flexibility index (Phi) is 4.45. The standard InChI is InChI=1S/C21H16N2O/c1-24-18-11-9-16(10-12-18)21(17(13-22)14-23)20-8-4-6-15-5-2-3-7-19(15)20/h2-12,17,21H,1H3. The number of fused-ring (bicyclic) bond motifs is 1. The van der Waals surface area contributed by atoms with Crippen LogP contribution in [0.5, 0.6) is 5.75 Å². The van der Waals surface area contributed by atoms with E-state index in [0.717, 1.165) is 27.6 Å². The molecule has 24 heavy (non-hydrogen) atoms. The topological polar surface area (TPSA) is 56.8 Å². The molecular formula is C21H16N2O. The van der Waals surface area contributed by atoms with Crippen LogP contribution in [0.15, 0.2) is 66.7 Å². The lowest BCUT2D eigenvalue weighted by molar-refractivity contribution is 0.414. The van der Waals surface area contributed by atoms with Gasteiger partial charge in [0.05, 0.1) is 19.2 Å². The fourth-order valence-corrected chi connectivity index (χ4v) is 3.06. The normalized spacial score (nSPS) is 11.7. The van der Waals surface area contributed by atoms with Gasteiger partial charge in [0.25, 0.3) is 0 Å². The third-order valence-electron chi connectivity index (χ3n) is 4.24. The maximum absolute atomic E-state index is 9.49. The molecule has 0 spiro atoms. The number of hydrogen-bond acceptors (Lipinski definition) is 3. The van der Waals surface area contributed by atoms with Crippen molar-refractivity contribution in [3.63, 3.8) is 0 Å². The average molecular weight is 312 g/mol. The van der Waals surface area contributed by atoms with Gasteiger partial charge in [0.1, 0.15) is 11.7 Å². The lowest BCUT2D eigenvalue weighted by Gasteiger charge is -2.21. The van der Waals surface area contributed by atoms with Gasteiger partial charge in [-0.1, -0.05) is 54.6 Å². The molecule has 3 aromatic carbocycles. The van der Waals surface area contributed by atoms with Gasteiger partial charge in [-0.2, -0.15) is 10.5 Å². The summed E-state index contributed by atoms with van der Waals surface area (Å²) in [7, 11) is 1.62. The van der Waals surface area contributed by atoms with E-state index in [1.54, 1.807) is 7.11 Å². The Morgan fingerprint density at radius 1 is 0.833 bits per heavy atom. The van der Waals surface area contributed by atoms with Crippen molar-refractivity contribution in [1.29, 1.82) is 10.5 Å². The lowest BCUT2D eigenvalue weighted by Crippen LogP contribution is -2.12. The van der Waals surface area contributed by atoms with Crippen LogP contribution in [0.4, 0.5) is 0 Å². The molecule has 3 nitrogen and oxygen atoms in total. The number of rotatable bonds is 4. The molecule has 3 rings (SSSR count). The Morgan fingerprint density at radius 3 is 2.17 bits per heavy atom. The second-order valence-electron chi connectivity index (χ2n) is 5.56. The van der Waals surface area contributed by atoms with Crippen LogP contribution in [0.3, 0.4) is 0 Å². The SMILES string of the molecule is COc1ccc(C(c2cccc3ccccc23)C(C#N)C#N)cc1. The number of ether oxygens (including phenoxy) is 1. The van der Waals surface area contributed by atoms with E-state index < -0.39 is 5.92 Å². The summed E-state index contributed by atoms with van der Waals surface area (Å²) in [5.74, 6) is -0.318. The third kappa shape index (κ3) is 2.81. The summed E-state index contributed by atoms with van der Waals surface area (Å²) in [5, 5.41) is 21.2. The highest BCUT2D eigenvalue weighted by Crippen LogP contribution is 2.36. The molecule has 0 aliphatic heterocycles. The van der Waals surface area contributed by atoms with Crippen LogP contribution in [0.2, 0.25) is 0 Å². The molecule has 0 saturated carbocycles. The first-order chi connectivity index (χ1) is 11.8. The van der Waals surface area contributed by atoms with Crippen molar-refractivity contribution in [2.45, 2.75) is 5.92 Å².